The molecule has 1 aliphatic rings. The molecule has 1 heterocycles. The number of hydrogen-bond acceptors (Lipinski definition) is 2. The Morgan fingerprint density at radius 3 is 2.72 bits per heavy atom. The van der Waals surface area contributed by atoms with Crippen molar-refractivity contribution < 1.29 is 9.90 Å². The first-order valence-corrected chi connectivity index (χ1v) is 6.61. The van der Waals surface area contributed by atoms with E-state index in [4.69, 9.17) is 0 Å². The summed E-state index contributed by atoms with van der Waals surface area (Å²) in [6.45, 7) is 5.29. The van der Waals surface area contributed by atoms with Gasteiger partial charge in [-0.05, 0) is 43.4 Å². The molecule has 1 unspecified atom stereocenters. The number of carbonyl (C=O) groups is 1. The number of aliphatic hydroxyl groups is 1. The van der Waals surface area contributed by atoms with E-state index in [-0.39, 0.29) is 5.91 Å². The Hall–Kier alpha value is -1.35. The summed E-state index contributed by atoms with van der Waals surface area (Å²) >= 11 is 0. The lowest BCUT2D eigenvalue weighted by atomic mass is 10.0. The zero-order chi connectivity index (χ0) is 13.1. The topological polar surface area (TPSA) is 40.5 Å². The SMILES string of the molecule is Cc1ccc(C(O)CN2CCCCC2=O)cc1C. The molecule has 0 spiro atoms. The van der Waals surface area contributed by atoms with E-state index in [0.717, 1.165) is 24.9 Å². The monoisotopic (exact) mass is 247 g/mol. The van der Waals surface area contributed by atoms with Crippen LogP contribution in [0.3, 0.4) is 0 Å². The van der Waals surface area contributed by atoms with E-state index in [1.807, 2.05) is 25.1 Å². The summed E-state index contributed by atoms with van der Waals surface area (Å²) in [6.07, 6.45) is 2.08. The van der Waals surface area contributed by atoms with Crippen LogP contribution in [-0.2, 0) is 4.79 Å². The fourth-order valence-corrected chi connectivity index (χ4v) is 2.34. The predicted molar refractivity (Wildman–Crippen MR) is 71.3 cm³/mol. The van der Waals surface area contributed by atoms with Crippen LogP contribution in [0.1, 0.15) is 42.1 Å². The normalized spacial score (nSPS) is 17.9. The minimum Gasteiger partial charge on any atom is -0.387 e. The van der Waals surface area contributed by atoms with Gasteiger partial charge in [0.15, 0.2) is 0 Å². The van der Waals surface area contributed by atoms with Crippen LogP contribution in [0, 0.1) is 13.8 Å². The molecule has 1 saturated heterocycles. The van der Waals surface area contributed by atoms with Gasteiger partial charge in [0.1, 0.15) is 0 Å². The number of piperidine rings is 1. The van der Waals surface area contributed by atoms with Crippen molar-refractivity contribution >= 4 is 5.91 Å². The largest absolute Gasteiger partial charge is 0.387 e. The van der Waals surface area contributed by atoms with E-state index in [2.05, 4.69) is 6.92 Å². The van der Waals surface area contributed by atoms with Crippen LogP contribution >= 0.6 is 0 Å². The van der Waals surface area contributed by atoms with E-state index in [1.54, 1.807) is 4.90 Å². The summed E-state index contributed by atoms with van der Waals surface area (Å²) in [7, 11) is 0. The number of hydrogen-bond donors (Lipinski definition) is 1. The second kappa shape index (κ2) is 5.53. The molecule has 0 aliphatic carbocycles. The lowest BCUT2D eigenvalue weighted by Crippen LogP contribution is -2.38. The maximum atomic E-state index is 11.7. The fourth-order valence-electron chi connectivity index (χ4n) is 2.34. The molecular weight excluding hydrogens is 226 g/mol. The first kappa shape index (κ1) is 13.1. The zero-order valence-electron chi connectivity index (χ0n) is 11.1. The van der Waals surface area contributed by atoms with Gasteiger partial charge in [0, 0.05) is 13.0 Å². The van der Waals surface area contributed by atoms with Crippen molar-refractivity contribution in [2.45, 2.75) is 39.2 Å². The number of rotatable bonds is 3. The molecule has 0 bridgehead atoms. The second-order valence-corrected chi connectivity index (χ2v) is 5.16. The lowest BCUT2D eigenvalue weighted by molar-refractivity contribution is -0.134. The van der Waals surface area contributed by atoms with Crippen LogP contribution in [0.5, 0.6) is 0 Å². The Labute approximate surface area is 108 Å². The predicted octanol–water partition coefficient (Wildman–Crippen LogP) is 2.35. The van der Waals surface area contributed by atoms with E-state index in [9.17, 15) is 9.90 Å². The average Bonchev–Trinajstić information content (AvgIpc) is 2.35. The molecule has 1 atom stereocenters. The zero-order valence-corrected chi connectivity index (χ0v) is 11.1. The highest BCUT2D eigenvalue weighted by Gasteiger charge is 2.21. The van der Waals surface area contributed by atoms with E-state index in [1.165, 1.54) is 11.1 Å². The third-order valence-electron chi connectivity index (χ3n) is 3.73. The van der Waals surface area contributed by atoms with Crippen LogP contribution in [0.4, 0.5) is 0 Å². The molecule has 0 aromatic heterocycles. The number of benzene rings is 1. The van der Waals surface area contributed by atoms with Crippen LogP contribution < -0.4 is 0 Å². The van der Waals surface area contributed by atoms with Crippen molar-refractivity contribution in [2.24, 2.45) is 0 Å². The number of β-amino-alcohol motifs (C(OH)–C–C–N with tert-alkyl or cyclic N) is 1. The highest BCUT2D eigenvalue weighted by atomic mass is 16.3. The molecule has 1 fully saturated rings. The summed E-state index contributed by atoms with van der Waals surface area (Å²) in [5.74, 6) is 0.170. The molecule has 18 heavy (non-hydrogen) atoms. The maximum absolute atomic E-state index is 11.7. The number of amides is 1. The van der Waals surface area contributed by atoms with Crippen LogP contribution in [-0.4, -0.2) is 29.0 Å². The standard InChI is InChI=1S/C15H21NO2/c1-11-6-7-13(9-12(11)2)14(17)10-16-8-4-3-5-15(16)18/h6-7,9,14,17H,3-5,8,10H2,1-2H3. The Balaban J connectivity index is 2.04. The van der Waals surface area contributed by atoms with E-state index in [0.29, 0.717) is 13.0 Å². The Morgan fingerprint density at radius 1 is 1.28 bits per heavy atom. The van der Waals surface area contributed by atoms with Crippen molar-refractivity contribution in [3.8, 4) is 0 Å². The van der Waals surface area contributed by atoms with Crippen molar-refractivity contribution in [3.63, 3.8) is 0 Å². The molecule has 3 heteroatoms. The van der Waals surface area contributed by atoms with Gasteiger partial charge < -0.3 is 10.0 Å². The molecule has 98 valence electrons. The average molecular weight is 247 g/mol. The van der Waals surface area contributed by atoms with Gasteiger partial charge >= 0.3 is 0 Å². The number of aryl methyl sites for hydroxylation is 2. The molecule has 0 radical (unpaired) electrons. The molecule has 2 rings (SSSR count). The van der Waals surface area contributed by atoms with Crippen molar-refractivity contribution in [2.75, 3.05) is 13.1 Å². The molecule has 1 aromatic rings. The number of nitrogens with zero attached hydrogens (tertiary/aromatic N) is 1. The fraction of sp³-hybridized carbons (Fsp3) is 0.533. The van der Waals surface area contributed by atoms with Crippen LogP contribution in [0.15, 0.2) is 18.2 Å². The summed E-state index contributed by atoms with van der Waals surface area (Å²) < 4.78 is 0. The third-order valence-corrected chi connectivity index (χ3v) is 3.73. The quantitative estimate of drug-likeness (QED) is 0.890. The Kier molecular flexibility index (Phi) is 4.02. The molecule has 3 nitrogen and oxygen atoms in total. The summed E-state index contributed by atoms with van der Waals surface area (Å²) in [6, 6.07) is 5.97. The minimum atomic E-state index is -0.577. The molecule has 1 aromatic carbocycles. The van der Waals surface area contributed by atoms with Gasteiger partial charge in [-0.25, -0.2) is 0 Å². The highest BCUT2D eigenvalue weighted by molar-refractivity contribution is 5.76. The number of carbonyl (C=O) groups excluding carboxylic acids is 1. The van der Waals surface area contributed by atoms with Gasteiger partial charge in [-0.15, -0.1) is 0 Å². The molecule has 1 aliphatic heterocycles. The van der Waals surface area contributed by atoms with Crippen molar-refractivity contribution in [1.82, 2.24) is 4.90 Å². The van der Waals surface area contributed by atoms with Crippen LogP contribution in [0.2, 0.25) is 0 Å². The first-order chi connectivity index (χ1) is 8.58. The highest BCUT2D eigenvalue weighted by Crippen LogP contribution is 2.20. The van der Waals surface area contributed by atoms with Gasteiger partial charge in [-0.2, -0.15) is 0 Å². The minimum absolute atomic E-state index is 0.170. The van der Waals surface area contributed by atoms with Crippen molar-refractivity contribution in [3.05, 3.63) is 34.9 Å². The maximum Gasteiger partial charge on any atom is 0.222 e. The molecule has 0 saturated carbocycles. The number of likely N-dealkylation sites (tertiary alicyclic amines) is 1. The van der Waals surface area contributed by atoms with Crippen LogP contribution in [0.25, 0.3) is 0 Å². The Morgan fingerprint density at radius 2 is 2.06 bits per heavy atom. The summed E-state index contributed by atoms with van der Waals surface area (Å²) in [5, 5.41) is 10.2. The number of aliphatic hydroxyl groups excluding tert-OH is 1. The van der Waals surface area contributed by atoms with E-state index < -0.39 is 6.10 Å². The van der Waals surface area contributed by atoms with E-state index >= 15 is 0 Å². The first-order valence-electron chi connectivity index (χ1n) is 6.61. The molecular formula is C15H21NO2. The van der Waals surface area contributed by atoms with Gasteiger partial charge in [0.05, 0.1) is 12.6 Å². The third kappa shape index (κ3) is 2.91. The summed E-state index contributed by atoms with van der Waals surface area (Å²) in [5.41, 5.74) is 3.30. The van der Waals surface area contributed by atoms with Gasteiger partial charge in [-0.3, -0.25) is 4.79 Å². The lowest BCUT2D eigenvalue weighted by Gasteiger charge is -2.29. The smallest absolute Gasteiger partial charge is 0.222 e. The van der Waals surface area contributed by atoms with Crippen molar-refractivity contribution in [1.29, 1.82) is 0 Å². The molecule has 1 amide bonds. The van der Waals surface area contributed by atoms with Gasteiger partial charge in [0.2, 0.25) is 5.91 Å². The van der Waals surface area contributed by atoms with Gasteiger partial charge in [0.25, 0.3) is 0 Å². The molecule has 1 N–H and O–H groups in total. The Bertz CT molecular complexity index is 442. The van der Waals surface area contributed by atoms with Gasteiger partial charge in [-0.1, -0.05) is 18.2 Å². The second-order valence-electron chi connectivity index (χ2n) is 5.16. The summed E-state index contributed by atoms with van der Waals surface area (Å²) in [4.78, 5) is 13.5.